The summed E-state index contributed by atoms with van der Waals surface area (Å²) < 4.78 is 0. The molecule has 0 saturated heterocycles. The molecular formula is C37H30N4. The van der Waals surface area contributed by atoms with Crippen molar-refractivity contribution in [3.8, 4) is 33.6 Å². The fourth-order valence-corrected chi connectivity index (χ4v) is 5.49. The Kier molecular flexibility index (Phi) is 6.44. The molecule has 0 bridgehead atoms. The number of rotatable bonds is 5. The zero-order valence-electron chi connectivity index (χ0n) is 23.3. The molecule has 4 nitrogen and oxygen atoms in total. The van der Waals surface area contributed by atoms with Gasteiger partial charge in [0.25, 0.3) is 0 Å². The van der Waals surface area contributed by atoms with Crippen LogP contribution >= 0.6 is 0 Å². The maximum Gasteiger partial charge on any atom is 0.160 e. The summed E-state index contributed by atoms with van der Waals surface area (Å²) in [5.74, 6) is 1.05. The van der Waals surface area contributed by atoms with Crippen LogP contribution in [0.2, 0.25) is 0 Å². The minimum absolute atomic E-state index is 0.287. The molecule has 1 aliphatic carbocycles. The van der Waals surface area contributed by atoms with Gasteiger partial charge in [-0.1, -0.05) is 98.8 Å². The molecule has 41 heavy (non-hydrogen) atoms. The van der Waals surface area contributed by atoms with Crippen molar-refractivity contribution in [1.29, 1.82) is 0 Å². The zero-order valence-corrected chi connectivity index (χ0v) is 23.3. The summed E-state index contributed by atoms with van der Waals surface area (Å²) in [6, 6.07) is 31.8. The molecule has 3 aromatic heterocycles. The molecule has 198 valence electrons. The summed E-state index contributed by atoms with van der Waals surface area (Å²) in [6.07, 6.45) is 10.5. The first-order chi connectivity index (χ1) is 20.1. The Balaban J connectivity index is 1.42. The molecule has 3 heterocycles. The van der Waals surface area contributed by atoms with E-state index >= 15 is 0 Å². The molecule has 0 aliphatic heterocycles. The fraction of sp³-hybridized carbons (Fsp3) is 0.135. The number of fused-ring (bicyclic) bond motifs is 3. The van der Waals surface area contributed by atoms with Crippen LogP contribution in [-0.4, -0.2) is 19.9 Å². The van der Waals surface area contributed by atoms with Gasteiger partial charge in [0.15, 0.2) is 5.82 Å². The van der Waals surface area contributed by atoms with Crippen molar-refractivity contribution < 1.29 is 0 Å². The van der Waals surface area contributed by atoms with E-state index < -0.39 is 0 Å². The summed E-state index contributed by atoms with van der Waals surface area (Å²) in [6.45, 7) is 4.38. The van der Waals surface area contributed by atoms with Crippen LogP contribution in [0.25, 0.3) is 61.0 Å². The standard InChI is InChI=1S/C37H30N4/c1-24(2)32-22-31(30-19-18-26-17-10-20-38-35(26)36(30)39-32)28-15-9-16-29(21-28)34-23-33(25-11-5-3-6-12-25)40-37(41-34)27-13-7-4-8-14-27/h3,5-7,9-24H,4,8H2,1-2H3. The van der Waals surface area contributed by atoms with Gasteiger partial charge < -0.3 is 0 Å². The summed E-state index contributed by atoms with van der Waals surface area (Å²) in [5.41, 5.74) is 10.3. The molecule has 7 rings (SSSR count). The van der Waals surface area contributed by atoms with Gasteiger partial charge in [-0.25, -0.2) is 9.97 Å². The molecule has 4 heteroatoms. The lowest BCUT2D eigenvalue weighted by molar-refractivity contribution is 0.831. The van der Waals surface area contributed by atoms with Crippen molar-refractivity contribution in [2.75, 3.05) is 0 Å². The fourth-order valence-electron chi connectivity index (χ4n) is 5.49. The lowest BCUT2D eigenvalue weighted by Crippen LogP contribution is -2.00. The normalized spacial score (nSPS) is 13.2. The van der Waals surface area contributed by atoms with Crippen LogP contribution in [0.15, 0.2) is 115 Å². The number of benzene rings is 3. The van der Waals surface area contributed by atoms with E-state index in [-0.39, 0.29) is 5.92 Å². The van der Waals surface area contributed by atoms with Crippen molar-refractivity contribution in [2.24, 2.45) is 0 Å². The van der Waals surface area contributed by atoms with Crippen LogP contribution in [0, 0.1) is 0 Å². The van der Waals surface area contributed by atoms with E-state index in [0.29, 0.717) is 0 Å². The van der Waals surface area contributed by atoms with Crippen LogP contribution in [0.5, 0.6) is 0 Å². The molecule has 0 atom stereocenters. The van der Waals surface area contributed by atoms with E-state index in [1.54, 1.807) is 0 Å². The third-order valence-corrected chi connectivity index (χ3v) is 7.68. The maximum atomic E-state index is 5.08. The molecule has 0 unspecified atom stereocenters. The third-order valence-electron chi connectivity index (χ3n) is 7.68. The van der Waals surface area contributed by atoms with E-state index in [1.807, 2.05) is 18.3 Å². The highest BCUT2D eigenvalue weighted by Crippen LogP contribution is 2.36. The van der Waals surface area contributed by atoms with Gasteiger partial charge in [-0.3, -0.25) is 9.97 Å². The van der Waals surface area contributed by atoms with Gasteiger partial charge in [-0.2, -0.15) is 0 Å². The molecule has 0 spiro atoms. The van der Waals surface area contributed by atoms with E-state index in [4.69, 9.17) is 19.9 Å². The monoisotopic (exact) mass is 530 g/mol. The molecule has 0 amide bonds. The van der Waals surface area contributed by atoms with Gasteiger partial charge >= 0.3 is 0 Å². The second-order valence-electron chi connectivity index (χ2n) is 10.8. The van der Waals surface area contributed by atoms with Gasteiger partial charge in [0.1, 0.15) is 0 Å². The first-order valence-electron chi connectivity index (χ1n) is 14.2. The lowest BCUT2D eigenvalue weighted by Gasteiger charge is -2.15. The number of pyridine rings is 2. The molecule has 0 radical (unpaired) electrons. The van der Waals surface area contributed by atoms with Crippen LogP contribution < -0.4 is 0 Å². The summed E-state index contributed by atoms with van der Waals surface area (Å²) >= 11 is 0. The van der Waals surface area contributed by atoms with E-state index in [1.165, 1.54) is 0 Å². The zero-order chi connectivity index (χ0) is 27.8. The van der Waals surface area contributed by atoms with Gasteiger partial charge in [-0.15, -0.1) is 0 Å². The third kappa shape index (κ3) is 4.82. The molecule has 0 N–H and O–H groups in total. The minimum Gasteiger partial charge on any atom is -0.254 e. The van der Waals surface area contributed by atoms with Crippen molar-refractivity contribution >= 4 is 27.4 Å². The van der Waals surface area contributed by atoms with Gasteiger partial charge in [0, 0.05) is 39.4 Å². The highest BCUT2D eigenvalue weighted by molar-refractivity contribution is 6.08. The van der Waals surface area contributed by atoms with Gasteiger partial charge in [-0.05, 0) is 54.2 Å². The number of hydrogen-bond acceptors (Lipinski definition) is 4. The Morgan fingerprint density at radius 2 is 1.46 bits per heavy atom. The predicted octanol–water partition coefficient (Wildman–Crippen LogP) is 9.43. The van der Waals surface area contributed by atoms with Crippen molar-refractivity contribution in [2.45, 2.75) is 32.6 Å². The molecule has 3 aromatic carbocycles. The van der Waals surface area contributed by atoms with Gasteiger partial charge in [0.2, 0.25) is 0 Å². The molecule has 1 aliphatic rings. The summed E-state index contributed by atoms with van der Waals surface area (Å²) in [5, 5.41) is 2.20. The number of allylic oxidation sites excluding steroid dienone is 4. The first-order valence-corrected chi connectivity index (χ1v) is 14.2. The summed E-state index contributed by atoms with van der Waals surface area (Å²) in [4.78, 5) is 19.9. The summed E-state index contributed by atoms with van der Waals surface area (Å²) in [7, 11) is 0. The largest absolute Gasteiger partial charge is 0.254 e. The van der Waals surface area contributed by atoms with Crippen LogP contribution in [0.1, 0.15) is 44.1 Å². The topological polar surface area (TPSA) is 51.6 Å². The smallest absolute Gasteiger partial charge is 0.160 e. The number of hydrogen-bond donors (Lipinski definition) is 0. The number of aromatic nitrogens is 4. The molecule has 0 saturated carbocycles. The molecular weight excluding hydrogens is 500 g/mol. The van der Waals surface area contributed by atoms with Gasteiger partial charge in [0.05, 0.1) is 22.4 Å². The van der Waals surface area contributed by atoms with Crippen LogP contribution in [-0.2, 0) is 0 Å². The Labute approximate surface area is 240 Å². The highest BCUT2D eigenvalue weighted by Gasteiger charge is 2.16. The Morgan fingerprint density at radius 3 is 2.27 bits per heavy atom. The Bertz CT molecular complexity index is 1970. The van der Waals surface area contributed by atoms with E-state index in [0.717, 1.165) is 85.4 Å². The van der Waals surface area contributed by atoms with Crippen molar-refractivity contribution in [3.63, 3.8) is 0 Å². The Hall–Kier alpha value is -4.96. The minimum atomic E-state index is 0.287. The molecule has 6 aromatic rings. The second kappa shape index (κ2) is 10.5. The lowest BCUT2D eigenvalue weighted by atomic mass is 9.94. The average molecular weight is 531 g/mol. The first kappa shape index (κ1) is 25.0. The van der Waals surface area contributed by atoms with E-state index in [2.05, 4.69) is 111 Å². The maximum absolute atomic E-state index is 5.08. The quantitative estimate of drug-likeness (QED) is 0.208. The van der Waals surface area contributed by atoms with Crippen LogP contribution in [0.4, 0.5) is 0 Å². The number of nitrogens with zero attached hydrogens (tertiary/aromatic N) is 4. The highest BCUT2D eigenvalue weighted by atomic mass is 14.9. The predicted molar refractivity (Wildman–Crippen MR) is 169 cm³/mol. The molecule has 0 fully saturated rings. The van der Waals surface area contributed by atoms with Crippen molar-refractivity contribution in [3.05, 3.63) is 127 Å². The van der Waals surface area contributed by atoms with Crippen molar-refractivity contribution in [1.82, 2.24) is 19.9 Å². The van der Waals surface area contributed by atoms with E-state index in [9.17, 15) is 0 Å². The SMILES string of the molecule is CC(C)c1cc(-c2cccc(-c3cc(-c4ccccc4)nc(C4=CCCC=C4)n3)c2)c2ccc3cccnc3c2n1. The average Bonchev–Trinajstić information content (AvgIpc) is 3.04. The Morgan fingerprint density at radius 1 is 0.659 bits per heavy atom. The second-order valence-corrected chi connectivity index (χ2v) is 10.8. The van der Waals surface area contributed by atoms with Crippen LogP contribution in [0.3, 0.4) is 0 Å².